The van der Waals surface area contributed by atoms with E-state index in [1.165, 1.54) is 0 Å². The lowest BCUT2D eigenvalue weighted by Crippen LogP contribution is -2.16. The number of hydrogen-bond donors (Lipinski definition) is 1. The maximum absolute atomic E-state index is 13.4. The summed E-state index contributed by atoms with van der Waals surface area (Å²) in [6.07, 6.45) is 0.832. The van der Waals surface area contributed by atoms with Crippen LogP contribution in [0.1, 0.15) is 30.5 Å². The van der Waals surface area contributed by atoms with E-state index < -0.39 is 0 Å². The van der Waals surface area contributed by atoms with E-state index in [2.05, 4.69) is 11.9 Å². The van der Waals surface area contributed by atoms with Crippen LogP contribution in [0.3, 0.4) is 0 Å². The predicted octanol–water partition coefficient (Wildman–Crippen LogP) is 3.36. The van der Waals surface area contributed by atoms with E-state index in [1.807, 2.05) is 26.1 Å². The molecular formula is C13H18FN. The Kier molecular flexibility index (Phi) is 4.04. The second-order valence-corrected chi connectivity index (χ2v) is 4.01. The molecule has 0 aliphatic carbocycles. The van der Waals surface area contributed by atoms with Gasteiger partial charge in [-0.15, -0.1) is 6.58 Å². The number of benzene rings is 1. The number of hydrogen-bond acceptors (Lipinski definition) is 1. The van der Waals surface area contributed by atoms with Gasteiger partial charge in [-0.05, 0) is 44.5 Å². The molecule has 1 rings (SSSR count). The molecule has 0 heterocycles. The van der Waals surface area contributed by atoms with Crippen molar-refractivity contribution in [3.8, 4) is 0 Å². The van der Waals surface area contributed by atoms with Gasteiger partial charge in [-0.3, -0.25) is 0 Å². The molecule has 1 aromatic carbocycles. The molecule has 1 aromatic rings. The van der Waals surface area contributed by atoms with Gasteiger partial charge >= 0.3 is 0 Å². The minimum absolute atomic E-state index is 0.144. The van der Waals surface area contributed by atoms with Crippen molar-refractivity contribution in [2.24, 2.45) is 0 Å². The number of halogens is 1. The van der Waals surface area contributed by atoms with Gasteiger partial charge in [0.05, 0.1) is 0 Å². The largest absolute Gasteiger partial charge is 0.313 e. The summed E-state index contributed by atoms with van der Waals surface area (Å²) in [7, 11) is 1.88. The number of aryl methyl sites for hydroxylation is 1. The summed E-state index contributed by atoms with van der Waals surface area (Å²) in [4.78, 5) is 0. The highest BCUT2D eigenvalue weighted by molar-refractivity contribution is 5.26. The smallest absolute Gasteiger partial charge is 0.126 e. The maximum Gasteiger partial charge on any atom is 0.126 e. The third-order valence-corrected chi connectivity index (χ3v) is 2.50. The van der Waals surface area contributed by atoms with Crippen LogP contribution in [0.4, 0.5) is 4.39 Å². The zero-order chi connectivity index (χ0) is 11.4. The SMILES string of the molecule is C=C(C)CC(NC)c1ccc(C)c(F)c1. The zero-order valence-electron chi connectivity index (χ0n) is 9.60. The fourth-order valence-electron chi connectivity index (χ4n) is 1.56. The maximum atomic E-state index is 13.4. The Bertz CT molecular complexity index is 358. The van der Waals surface area contributed by atoms with Crippen LogP contribution in [0.25, 0.3) is 0 Å². The molecule has 0 bridgehead atoms. The monoisotopic (exact) mass is 207 g/mol. The van der Waals surface area contributed by atoms with E-state index in [4.69, 9.17) is 0 Å². The van der Waals surface area contributed by atoms with Gasteiger partial charge in [0.25, 0.3) is 0 Å². The van der Waals surface area contributed by atoms with Crippen molar-refractivity contribution in [1.29, 1.82) is 0 Å². The molecule has 15 heavy (non-hydrogen) atoms. The van der Waals surface area contributed by atoms with Crippen molar-refractivity contribution in [3.63, 3.8) is 0 Å². The summed E-state index contributed by atoms with van der Waals surface area (Å²) in [6, 6.07) is 5.52. The molecule has 1 nitrogen and oxygen atoms in total. The fraction of sp³-hybridized carbons (Fsp3) is 0.385. The Morgan fingerprint density at radius 1 is 1.53 bits per heavy atom. The second-order valence-electron chi connectivity index (χ2n) is 4.01. The zero-order valence-corrected chi connectivity index (χ0v) is 9.60. The third kappa shape index (κ3) is 3.17. The van der Waals surface area contributed by atoms with E-state index in [9.17, 15) is 4.39 Å². The van der Waals surface area contributed by atoms with Crippen LogP contribution >= 0.6 is 0 Å². The molecule has 0 fully saturated rings. The lowest BCUT2D eigenvalue weighted by atomic mass is 9.99. The Morgan fingerprint density at radius 3 is 2.67 bits per heavy atom. The molecule has 0 aliphatic rings. The molecule has 0 aromatic heterocycles. The van der Waals surface area contributed by atoms with E-state index >= 15 is 0 Å². The summed E-state index contributed by atoms with van der Waals surface area (Å²) in [5.74, 6) is -0.144. The number of rotatable bonds is 4. The van der Waals surface area contributed by atoms with Gasteiger partial charge < -0.3 is 5.32 Å². The van der Waals surface area contributed by atoms with Crippen LogP contribution < -0.4 is 5.32 Å². The quantitative estimate of drug-likeness (QED) is 0.746. The van der Waals surface area contributed by atoms with E-state index in [1.54, 1.807) is 13.0 Å². The van der Waals surface area contributed by atoms with Gasteiger partial charge in [-0.2, -0.15) is 0 Å². The van der Waals surface area contributed by atoms with Crippen molar-refractivity contribution >= 4 is 0 Å². The lowest BCUT2D eigenvalue weighted by Gasteiger charge is -2.17. The van der Waals surface area contributed by atoms with Gasteiger partial charge in [0, 0.05) is 6.04 Å². The Hall–Kier alpha value is -1.15. The fourth-order valence-corrected chi connectivity index (χ4v) is 1.56. The highest BCUT2D eigenvalue weighted by atomic mass is 19.1. The Morgan fingerprint density at radius 2 is 2.20 bits per heavy atom. The highest BCUT2D eigenvalue weighted by Crippen LogP contribution is 2.21. The van der Waals surface area contributed by atoms with Gasteiger partial charge in [-0.1, -0.05) is 17.7 Å². The molecule has 0 aliphatic heterocycles. The summed E-state index contributed by atoms with van der Waals surface area (Å²) in [5, 5.41) is 3.17. The van der Waals surface area contributed by atoms with E-state index in [0.29, 0.717) is 5.56 Å². The second kappa shape index (κ2) is 5.08. The normalized spacial score (nSPS) is 12.5. The first-order valence-electron chi connectivity index (χ1n) is 5.12. The molecular weight excluding hydrogens is 189 g/mol. The molecule has 1 unspecified atom stereocenters. The molecule has 1 N–H and O–H groups in total. The molecule has 0 amide bonds. The molecule has 0 saturated heterocycles. The van der Waals surface area contributed by atoms with Crippen molar-refractivity contribution in [3.05, 3.63) is 47.3 Å². The van der Waals surface area contributed by atoms with Crippen molar-refractivity contribution in [2.45, 2.75) is 26.3 Å². The van der Waals surface area contributed by atoms with E-state index in [0.717, 1.165) is 17.6 Å². The predicted molar refractivity (Wildman–Crippen MR) is 62.4 cm³/mol. The van der Waals surface area contributed by atoms with Gasteiger partial charge in [0.2, 0.25) is 0 Å². The molecule has 82 valence electrons. The summed E-state index contributed by atoms with van der Waals surface area (Å²) in [5.41, 5.74) is 2.75. The van der Waals surface area contributed by atoms with E-state index in [-0.39, 0.29) is 11.9 Å². The highest BCUT2D eigenvalue weighted by Gasteiger charge is 2.10. The van der Waals surface area contributed by atoms with Crippen molar-refractivity contribution in [2.75, 3.05) is 7.05 Å². The minimum Gasteiger partial charge on any atom is -0.313 e. The minimum atomic E-state index is -0.144. The lowest BCUT2D eigenvalue weighted by molar-refractivity contribution is 0.573. The van der Waals surface area contributed by atoms with Gasteiger partial charge in [0.1, 0.15) is 5.82 Å². The summed E-state index contributed by atoms with van der Waals surface area (Å²) >= 11 is 0. The molecule has 0 saturated carbocycles. The van der Waals surface area contributed by atoms with Crippen LogP contribution in [0, 0.1) is 12.7 Å². The Balaban J connectivity index is 2.92. The van der Waals surface area contributed by atoms with Crippen molar-refractivity contribution < 1.29 is 4.39 Å². The average Bonchev–Trinajstić information content (AvgIpc) is 2.18. The first-order chi connectivity index (χ1) is 7.04. The first kappa shape index (κ1) is 11.9. The van der Waals surface area contributed by atoms with Crippen LogP contribution in [-0.4, -0.2) is 7.05 Å². The molecule has 0 radical (unpaired) electrons. The summed E-state index contributed by atoms with van der Waals surface area (Å²) < 4.78 is 13.4. The number of nitrogens with one attached hydrogen (secondary N) is 1. The van der Waals surface area contributed by atoms with Gasteiger partial charge in [-0.25, -0.2) is 4.39 Å². The molecule has 1 atom stereocenters. The van der Waals surface area contributed by atoms with Gasteiger partial charge in [0.15, 0.2) is 0 Å². The van der Waals surface area contributed by atoms with Crippen LogP contribution in [-0.2, 0) is 0 Å². The summed E-state index contributed by atoms with van der Waals surface area (Å²) in [6.45, 7) is 7.63. The molecule has 2 heteroatoms. The Labute approximate surface area is 91.0 Å². The van der Waals surface area contributed by atoms with Crippen LogP contribution in [0.15, 0.2) is 30.4 Å². The third-order valence-electron chi connectivity index (χ3n) is 2.50. The average molecular weight is 207 g/mol. The van der Waals surface area contributed by atoms with Crippen LogP contribution in [0.5, 0.6) is 0 Å². The van der Waals surface area contributed by atoms with Crippen molar-refractivity contribution in [1.82, 2.24) is 5.32 Å². The standard InChI is InChI=1S/C13H18FN/c1-9(2)7-13(15-4)11-6-5-10(3)12(14)8-11/h5-6,8,13,15H,1,7H2,2-4H3. The van der Waals surface area contributed by atoms with Crippen LogP contribution in [0.2, 0.25) is 0 Å². The topological polar surface area (TPSA) is 12.0 Å². The first-order valence-corrected chi connectivity index (χ1v) is 5.12. The molecule has 0 spiro atoms.